The van der Waals surface area contributed by atoms with E-state index >= 15 is 0 Å². The van der Waals surface area contributed by atoms with E-state index in [1.165, 1.54) is 12.8 Å². The molecule has 3 rings (SSSR count). The van der Waals surface area contributed by atoms with Crippen LogP contribution in [0.25, 0.3) is 11.3 Å². The van der Waals surface area contributed by atoms with Gasteiger partial charge in [0.15, 0.2) is 0 Å². The fourth-order valence-electron chi connectivity index (χ4n) is 2.08. The Bertz CT molecular complexity index is 613. The Kier molecular flexibility index (Phi) is 3.66. The van der Waals surface area contributed by atoms with E-state index in [0.717, 1.165) is 29.6 Å². The molecule has 1 heterocycles. The summed E-state index contributed by atoms with van der Waals surface area (Å²) in [6, 6.07) is 12.2. The molecule has 110 valence electrons. The van der Waals surface area contributed by atoms with Crippen molar-refractivity contribution in [3.8, 4) is 17.1 Å². The van der Waals surface area contributed by atoms with Crippen LogP contribution in [-0.4, -0.2) is 16.6 Å². The lowest BCUT2D eigenvalue weighted by molar-refractivity contribution is 0.285. The molecule has 0 N–H and O–H groups in total. The third-order valence-electron chi connectivity index (χ3n) is 3.61. The molecule has 0 atom stereocenters. The summed E-state index contributed by atoms with van der Waals surface area (Å²) in [5.41, 5.74) is 1.94. The van der Waals surface area contributed by atoms with Crippen molar-refractivity contribution in [2.75, 3.05) is 6.61 Å². The van der Waals surface area contributed by atoms with Gasteiger partial charge in [0.2, 0.25) is 5.88 Å². The Morgan fingerprint density at radius 1 is 1.10 bits per heavy atom. The average molecular weight is 282 g/mol. The smallest absolute Gasteiger partial charge is 0.217 e. The van der Waals surface area contributed by atoms with Crippen LogP contribution >= 0.6 is 0 Å². The lowest BCUT2D eigenvalue weighted by Gasteiger charge is -2.18. The highest BCUT2D eigenvalue weighted by Gasteiger charge is 2.24. The number of hydrogen-bond acceptors (Lipinski definition) is 3. The molecule has 1 aromatic heterocycles. The van der Waals surface area contributed by atoms with Gasteiger partial charge < -0.3 is 4.74 Å². The molecule has 1 aromatic carbocycles. The molecule has 1 saturated carbocycles. The van der Waals surface area contributed by atoms with Crippen LogP contribution in [0.4, 0.5) is 0 Å². The fourth-order valence-corrected chi connectivity index (χ4v) is 2.08. The van der Waals surface area contributed by atoms with Crippen LogP contribution in [-0.2, 0) is 5.41 Å². The van der Waals surface area contributed by atoms with E-state index in [1.54, 1.807) is 0 Å². The van der Waals surface area contributed by atoms with Crippen molar-refractivity contribution in [3.05, 3.63) is 42.2 Å². The predicted octanol–water partition coefficient (Wildman–Crippen LogP) is 4.23. The van der Waals surface area contributed by atoms with Gasteiger partial charge in [0.05, 0.1) is 12.3 Å². The van der Waals surface area contributed by atoms with Gasteiger partial charge in [-0.25, -0.2) is 4.98 Å². The number of nitrogens with zero attached hydrogens (tertiary/aromatic N) is 2. The average Bonchev–Trinajstić information content (AvgIpc) is 3.29. The maximum atomic E-state index is 5.88. The van der Waals surface area contributed by atoms with Crippen LogP contribution in [0.5, 0.6) is 5.88 Å². The second-order valence-electron chi connectivity index (χ2n) is 6.79. The SMILES string of the molecule is CC(C)(C)c1nc(OCC2CC2)cc(-c2ccccc2)n1. The van der Waals surface area contributed by atoms with Crippen molar-refractivity contribution in [1.29, 1.82) is 0 Å². The Labute approximate surface area is 126 Å². The van der Waals surface area contributed by atoms with E-state index < -0.39 is 0 Å². The first-order valence-electron chi connectivity index (χ1n) is 7.60. The van der Waals surface area contributed by atoms with E-state index in [9.17, 15) is 0 Å². The van der Waals surface area contributed by atoms with Crippen molar-refractivity contribution >= 4 is 0 Å². The largest absolute Gasteiger partial charge is 0.477 e. The van der Waals surface area contributed by atoms with Crippen LogP contribution < -0.4 is 4.74 Å². The monoisotopic (exact) mass is 282 g/mol. The summed E-state index contributed by atoms with van der Waals surface area (Å²) in [6.45, 7) is 7.15. The molecule has 2 aromatic rings. The molecule has 0 amide bonds. The van der Waals surface area contributed by atoms with Crippen LogP contribution in [0.3, 0.4) is 0 Å². The molecule has 21 heavy (non-hydrogen) atoms. The van der Waals surface area contributed by atoms with E-state index in [0.29, 0.717) is 5.88 Å². The summed E-state index contributed by atoms with van der Waals surface area (Å²) in [5.74, 6) is 2.24. The third-order valence-corrected chi connectivity index (χ3v) is 3.61. The van der Waals surface area contributed by atoms with E-state index in [4.69, 9.17) is 9.72 Å². The zero-order valence-corrected chi connectivity index (χ0v) is 13.0. The lowest BCUT2D eigenvalue weighted by atomic mass is 9.95. The first-order valence-corrected chi connectivity index (χ1v) is 7.60. The number of benzene rings is 1. The highest BCUT2D eigenvalue weighted by atomic mass is 16.5. The van der Waals surface area contributed by atoms with Gasteiger partial charge in [-0.3, -0.25) is 0 Å². The molecule has 0 spiro atoms. The Morgan fingerprint density at radius 2 is 1.81 bits per heavy atom. The highest BCUT2D eigenvalue weighted by Crippen LogP contribution is 2.31. The molecule has 1 fully saturated rings. The van der Waals surface area contributed by atoms with Crippen LogP contribution in [0, 0.1) is 5.92 Å². The lowest BCUT2D eigenvalue weighted by Crippen LogP contribution is -2.17. The summed E-state index contributed by atoms with van der Waals surface area (Å²) in [7, 11) is 0. The summed E-state index contributed by atoms with van der Waals surface area (Å²) in [6.07, 6.45) is 2.56. The van der Waals surface area contributed by atoms with Gasteiger partial charge >= 0.3 is 0 Å². The predicted molar refractivity (Wildman–Crippen MR) is 84.4 cm³/mol. The summed E-state index contributed by atoms with van der Waals surface area (Å²) >= 11 is 0. The van der Waals surface area contributed by atoms with E-state index in [2.05, 4.69) is 37.9 Å². The van der Waals surface area contributed by atoms with Crippen molar-refractivity contribution in [1.82, 2.24) is 9.97 Å². The fraction of sp³-hybridized carbons (Fsp3) is 0.444. The van der Waals surface area contributed by atoms with E-state index in [-0.39, 0.29) is 5.41 Å². The Morgan fingerprint density at radius 3 is 2.43 bits per heavy atom. The number of rotatable bonds is 4. The maximum Gasteiger partial charge on any atom is 0.217 e. The zero-order chi connectivity index (χ0) is 14.9. The zero-order valence-electron chi connectivity index (χ0n) is 13.0. The van der Waals surface area contributed by atoms with Gasteiger partial charge in [0, 0.05) is 17.0 Å². The van der Waals surface area contributed by atoms with Crippen LogP contribution in [0.15, 0.2) is 36.4 Å². The van der Waals surface area contributed by atoms with Gasteiger partial charge in [-0.1, -0.05) is 51.1 Å². The first-order chi connectivity index (χ1) is 10.0. The molecule has 3 heteroatoms. The molecule has 1 aliphatic carbocycles. The number of hydrogen-bond donors (Lipinski definition) is 0. The first kappa shape index (κ1) is 14.1. The summed E-state index contributed by atoms with van der Waals surface area (Å²) < 4.78 is 5.88. The van der Waals surface area contributed by atoms with Gasteiger partial charge in [-0.2, -0.15) is 4.98 Å². The quantitative estimate of drug-likeness (QED) is 0.841. The molecule has 3 nitrogen and oxygen atoms in total. The molecule has 0 radical (unpaired) electrons. The molecule has 0 bridgehead atoms. The molecule has 0 unspecified atom stereocenters. The van der Waals surface area contributed by atoms with E-state index in [1.807, 2.05) is 24.3 Å². The minimum absolute atomic E-state index is 0.0948. The van der Waals surface area contributed by atoms with Crippen molar-refractivity contribution < 1.29 is 4.74 Å². The second kappa shape index (κ2) is 5.47. The van der Waals surface area contributed by atoms with Crippen molar-refractivity contribution in [2.24, 2.45) is 5.92 Å². The maximum absolute atomic E-state index is 5.88. The third kappa shape index (κ3) is 3.60. The second-order valence-corrected chi connectivity index (χ2v) is 6.79. The molecule has 0 aliphatic heterocycles. The molecular formula is C18H22N2O. The van der Waals surface area contributed by atoms with Crippen molar-refractivity contribution in [2.45, 2.75) is 39.0 Å². The minimum atomic E-state index is -0.0948. The normalized spacial score (nSPS) is 15.0. The summed E-state index contributed by atoms with van der Waals surface area (Å²) in [5, 5.41) is 0. The Hall–Kier alpha value is -1.90. The molecule has 0 saturated heterocycles. The molecular weight excluding hydrogens is 260 g/mol. The standard InChI is InChI=1S/C18H22N2O/c1-18(2,3)17-19-15(14-7-5-4-6-8-14)11-16(20-17)21-12-13-9-10-13/h4-8,11,13H,9-10,12H2,1-3H3. The van der Waals surface area contributed by atoms with Crippen molar-refractivity contribution in [3.63, 3.8) is 0 Å². The van der Waals surface area contributed by atoms with Crippen LogP contribution in [0.1, 0.15) is 39.4 Å². The Balaban J connectivity index is 1.95. The number of aromatic nitrogens is 2. The minimum Gasteiger partial charge on any atom is -0.477 e. The highest BCUT2D eigenvalue weighted by molar-refractivity contribution is 5.60. The van der Waals surface area contributed by atoms with Gasteiger partial charge in [-0.05, 0) is 18.8 Å². The number of ether oxygens (including phenoxy) is 1. The van der Waals surface area contributed by atoms with Gasteiger partial charge in [0.1, 0.15) is 5.82 Å². The topological polar surface area (TPSA) is 35.0 Å². The molecule has 1 aliphatic rings. The van der Waals surface area contributed by atoms with Gasteiger partial charge in [-0.15, -0.1) is 0 Å². The van der Waals surface area contributed by atoms with Gasteiger partial charge in [0.25, 0.3) is 0 Å². The summed E-state index contributed by atoms with van der Waals surface area (Å²) in [4.78, 5) is 9.32. The van der Waals surface area contributed by atoms with Crippen LogP contribution in [0.2, 0.25) is 0 Å².